The molecule has 0 saturated carbocycles. The Morgan fingerprint density at radius 2 is 1.80 bits per heavy atom. The monoisotopic (exact) mass is 359 g/mol. The van der Waals surface area contributed by atoms with Crippen LogP contribution in [-0.4, -0.2) is 27.5 Å². The van der Waals surface area contributed by atoms with E-state index in [1.165, 1.54) is 17.8 Å². The summed E-state index contributed by atoms with van der Waals surface area (Å²) in [5.41, 5.74) is 1.07. The van der Waals surface area contributed by atoms with Crippen molar-refractivity contribution in [2.45, 2.75) is 18.7 Å². The van der Waals surface area contributed by atoms with Gasteiger partial charge >= 0.3 is 0 Å². The number of aromatic nitrogens is 3. The third kappa shape index (κ3) is 4.96. The number of rotatable bonds is 8. The van der Waals surface area contributed by atoms with Crippen LogP contribution in [0.25, 0.3) is 0 Å². The lowest BCUT2D eigenvalue weighted by Crippen LogP contribution is -2.02. The van der Waals surface area contributed by atoms with Crippen LogP contribution in [0.15, 0.2) is 53.7 Å². The Morgan fingerprint density at radius 1 is 1.04 bits per heavy atom. The molecule has 0 atom stereocenters. The summed E-state index contributed by atoms with van der Waals surface area (Å²) in [6.45, 7) is 2.69. The van der Waals surface area contributed by atoms with Gasteiger partial charge < -0.3 is 9.47 Å². The molecule has 0 aliphatic rings. The van der Waals surface area contributed by atoms with Crippen LogP contribution in [0.3, 0.4) is 0 Å². The second-order valence-corrected chi connectivity index (χ2v) is 6.31. The maximum atomic E-state index is 13.4. The smallest absolute Gasteiger partial charge is 0.208 e. The van der Waals surface area contributed by atoms with Crippen LogP contribution >= 0.6 is 11.8 Å². The number of nitrogens with zero attached hydrogens (tertiary/aromatic N) is 2. The van der Waals surface area contributed by atoms with Gasteiger partial charge in [0.1, 0.15) is 12.4 Å². The molecular formula is C18H18FN3O2S. The van der Waals surface area contributed by atoms with Crippen molar-refractivity contribution in [1.29, 1.82) is 0 Å². The summed E-state index contributed by atoms with van der Waals surface area (Å²) in [6.07, 6.45) is 0. The van der Waals surface area contributed by atoms with Crippen LogP contribution in [0.4, 0.5) is 4.39 Å². The number of benzene rings is 2. The van der Waals surface area contributed by atoms with Gasteiger partial charge in [-0.2, -0.15) is 0 Å². The zero-order chi connectivity index (χ0) is 17.5. The van der Waals surface area contributed by atoms with Gasteiger partial charge in [0.05, 0.1) is 6.61 Å². The Balaban J connectivity index is 1.43. The number of hydrogen-bond donors (Lipinski definition) is 1. The second-order valence-electron chi connectivity index (χ2n) is 5.25. The van der Waals surface area contributed by atoms with Gasteiger partial charge in [-0.25, -0.2) is 9.37 Å². The molecule has 7 heteroatoms. The summed E-state index contributed by atoms with van der Waals surface area (Å²) in [4.78, 5) is 4.36. The molecule has 0 aliphatic carbocycles. The van der Waals surface area contributed by atoms with Crippen LogP contribution in [0.2, 0.25) is 0 Å². The van der Waals surface area contributed by atoms with Crippen molar-refractivity contribution in [2.24, 2.45) is 0 Å². The van der Waals surface area contributed by atoms with E-state index < -0.39 is 0 Å². The Bertz CT molecular complexity index is 825. The molecule has 0 amide bonds. The van der Waals surface area contributed by atoms with Crippen LogP contribution < -0.4 is 9.47 Å². The molecule has 5 nitrogen and oxygen atoms in total. The lowest BCUT2D eigenvalue weighted by Gasteiger charge is -2.06. The van der Waals surface area contributed by atoms with Crippen molar-refractivity contribution in [3.63, 3.8) is 0 Å². The predicted octanol–water partition coefficient (Wildman–Crippen LogP) is 4.00. The molecule has 1 aromatic heterocycles. The van der Waals surface area contributed by atoms with E-state index in [1.54, 1.807) is 18.2 Å². The fourth-order valence-electron chi connectivity index (χ4n) is 2.12. The van der Waals surface area contributed by atoms with E-state index in [0.717, 1.165) is 11.3 Å². The number of hydrogen-bond acceptors (Lipinski definition) is 5. The third-order valence-corrected chi connectivity index (χ3v) is 4.19. The molecule has 130 valence electrons. The maximum absolute atomic E-state index is 13.4. The van der Waals surface area contributed by atoms with Gasteiger partial charge in [-0.05, 0) is 30.7 Å². The van der Waals surface area contributed by atoms with E-state index in [4.69, 9.17) is 9.47 Å². The third-order valence-electron chi connectivity index (χ3n) is 3.38. The van der Waals surface area contributed by atoms with Crippen molar-refractivity contribution >= 4 is 11.8 Å². The van der Waals surface area contributed by atoms with E-state index in [2.05, 4.69) is 15.2 Å². The maximum Gasteiger partial charge on any atom is 0.208 e. The van der Waals surface area contributed by atoms with Gasteiger partial charge in [-0.1, -0.05) is 42.1 Å². The van der Waals surface area contributed by atoms with E-state index >= 15 is 0 Å². The number of H-pyrrole nitrogens is 1. The summed E-state index contributed by atoms with van der Waals surface area (Å²) < 4.78 is 24.5. The van der Waals surface area contributed by atoms with Crippen molar-refractivity contribution in [3.05, 3.63) is 65.7 Å². The van der Waals surface area contributed by atoms with Crippen LogP contribution in [0, 0.1) is 12.7 Å². The molecule has 1 heterocycles. The van der Waals surface area contributed by atoms with E-state index in [0.29, 0.717) is 29.9 Å². The van der Waals surface area contributed by atoms with E-state index in [1.807, 2.05) is 31.2 Å². The van der Waals surface area contributed by atoms with Crippen LogP contribution in [0.5, 0.6) is 11.5 Å². The average molecular weight is 359 g/mol. The zero-order valence-corrected chi connectivity index (χ0v) is 14.6. The van der Waals surface area contributed by atoms with Crippen molar-refractivity contribution < 1.29 is 13.9 Å². The minimum Gasteiger partial charge on any atom is -0.490 e. The number of halogens is 1. The Morgan fingerprint density at radius 3 is 2.60 bits per heavy atom. The van der Waals surface area contributed by atoms with Gasteiger partial charge in [0, 0.05) is 5.75 Å². The lowest BCUT2D eigenvalue weighted by molar-refractivity contribution is 0.294. The highest BCUT2D eigenvalue weighted by Gasteiger charge is 2.07. The Hall–Kier alpha value is -2.54. The fourth-order valence-corrected chi connectivity index (χ4v) is 2.75. The standard InChI is InChI=1S/C18H18FN3O2S/c1-13-6-2-4-8-15(13)24-12-17-20-18(22-21-17)25-11-10-23-16-9-5-3-7-14(16)19/h2-9H,10-12H2,1H3,(H,20,21,22). The first kappa shape index (κ1) is 17.3. The summed E-state index contributed by atoms with van der Waals surface area (Å²) >= 11 is 1.43. The largest absolute Gasteiger partial charge is 0.490 e. The SMILES string of the molecule is Cc1ccccc1OCc1nc(SCCOc2ccccc2F)n[nH]1. The molecule has 0 fully saturated rings. The van der Waals surface area contributed by atoms with Gasteiger partial charge in [-0.15, -0.1) is 5.10 Å². The number of para-hydroxylation sites is 2. The molecule has 2 aromatic carbocycles. The predicted molar refractivity (Wildman–Crippen MR) is 94.5 cm³/mol. The molecule has 25 heavy (non-hydrogen) atoms. The quantitative estimate of drug-likeness (QED) is 0.486. The number of ether oxygens (including phenoxy) is 2. The molecule has 0 unspecified atom stereocenters. The minimum atomic E-state index is -0.360. The van der Waals surface area contributed by atoms with Gasteiger partial charge in [-0.3, -0.25) is 5.10 Å². The van der Waals surface area contributed by atoms with Crippen molar-refractivity contribution in [2.75, 3.05) is 12.4 Å². The molecule has 0 aliphatic heterocycles. The molecular weight excluding hydrogens is 341 g/mol. The molecule has 3 aromatic rings. The number of aryl methyl sites for hydroxylation is 1. The fraction of sp³-hybridized carbons (Fsp3) is 0.222. The summed E-state index contributed by atoms with van der Waals surface area (Å²) in [5.74, 6) is 1.99. The van der Waals surface area contributed by atoms with Gasteiger partial charge in [0.15, 0.2) is 17.4 Å². The minimum absolute atomic E-state index is 0.255. The number of thioether (sulfide) groups is 1. The normalized spacial score (nSPS) is 10.6. The van der Waals surface area contributed by atoms with Gasteiger partial charge in [0.25, 0.3) is 0 Å². The van der Waals surface area contributed by atoms with E-state index in [-0.39, 0.29) is 11.6 Å². The molecule has 3 rings (SSSR count). The Labute approximate surface area is 149 Å². The topological polar surface area (TPSA) is 60.0 Å². The molecule has 0 radical (unpaired) electrons. The number of aromatic amines is 1. The van der Waals surface area contributed by atoms with Crippen molar-refractivity contribution in [1.82, 2.24) is 15.2 Å². The Kier molecular flexibility index (Phi) is 5.90. The molecule has 1 N–H and O–H groups in total. The lowest BCUT2D eigenvalue weighted by atomic mass is 10.2. The molecule has 0 bridgehead atoms. The summed E-state index contributed by atoms with van der Waals surface area (Å²) in [7, 11) is 0. The van der Waals surface area contributed by atoms with Crippen molar-refractivity contribution in [3.8, 4) is 11.5 Å². The zero-order valence-electron chi connectivity index (χ0n) is 13.7. The second kappa shape index (κ2) is 8.53. The first-order valence-corrected chi connectivity index (χ1v) is 8.81. The summed E-state index contributed by atoms with van der Waals surface area (Å²) in [6, 6.07) is 14.2. The number of nitrogens with one attached hydrogen (secondary N) is 1. The molecule has 0 saturated heterocycles. The first-order chi connectivity index (χ1) is 12.2. The van der Waals surface area contributed by atoms with E-state index in [9.17, 15) is 4.39 Å². The van der Waals surface area contributed by atoms with Gasteiger partial charge in [0.2, 0.25) is 5.16 Å². The first-order valence-electron chi connectivity index (χ1n) is 7.82. The molecule has 0 spiro atoms. The highest BCUT2D eigenvalue weighted by Crippen LogP contribution is 2.19. The van der Waals surface area contributed by atoms with Crippen LogP contribution in [0.1, 0.15) is 11.4 Å². The average Bonchev–Trinajstić information content (AvgIpc) is 3.07. The highest BCUT2D eigenvalue weighted by atomic mass is 32.2. The summed E-state index contributed by atoms with van der Waals surface area (Å²) in [5, 5.41) is 7.60. The van der Waals surface area contributed by atoms with Crippen LogP contribution in [-0.2, 0) is 6.61 Å². The highest BCUT2D eigenvalue weighted by molar-refractivity contribution is 7.99.